The Morgan fingerprint density at radius 2 is 2.26 bits per heavy atom. The minimum absolute atomic E-state index is 0.227. The van der Waals surface area contributed by atoms with Crippen molar-refractivity contribution in [3.63, 3.8) is 0 Å². The molecule has 100 valence electrons. The number of benzene rings is 1. The normalized spacial score (nSPS) is 21.6. The third-order valence-electron chi connectivity index (χ3n) is 3.88. The van der Waals surface area contributed by atoms with Gasteiger partial charge in [-0.15, -0.1) is 0 Å². The van der Waals surface area contributed by atoms with Crippen LogP contribution in [0.25, 0.3) is 0 Å². The van der Waals surface area contributed by atoms with Gasteiger partial charge < -0.3 is 5.11 Å². The average molecular weight is 260 g/mol. The summed E-state index contributed by atoms with van der Waals surface area (Å²) in [6, 6.07) is 6.75. The molecule has 1 aliphatic carbocycles. The van der Waals surface area contributed by atoms with Gasteiger partial charge in [-0.05, 0) is 42.5 Å². The zero-order valence-electron chi connectivity index (χ0n) is 10.9. The summed E-state index contributed by atoms with van der Waals surface area (Å²) in [5, 5.41) is 15.3. The van der Waals surface area contributed by atoms with E-state index in [4.69, 9.17) is 0 Å². The second kappa shape index (κ2) is 4.46. The molecule has 1 heterocycles. The van der Waals surface area contributed by atoms with E-state index in [0.29, 0.717) is 24.0 Å². The first-order valence-electron chi connectivity index (χ1n) is 6.69. The van der Waals surface area contributed by atoms with Crippen LogP contribution in [0.2, 0.25) is 0 Å². The maximum Gasteiger partial charge on any atom is 0.132 e. The third-order valence-corrected chi connectivity index (χ3v) is 3.88. The lowest BCUT2D eigenvalue weighted by atomic mass is 9.92. The van der Waals surface area contributed by atoms with Crippen molar-refractivity contribution in [1.29, 1.82) is 0 Å². The highest BCUT2D eigenvalue weighted by Crippen LogP contribution is 2.42. The van der Waals surface area contributed by atoms with Crippen LogP contribution in [0.3, 0.4) is 0 Å². The van der Waals surface area contributed by atoms with Gasteiger partial charge in [-0.25, -0.2) is 4.39 Å². The van der Waals surface area contributed by atoms with E-state index in [1.165, 1.54) is 6.07 Å². The summed E-state index contributed by atoms with van der Waals surface area (Å²) in [6.45, 7) is 2.83. The van der Waals surface area contributed by atoms with Gasteiger partial charge in [0.15, 0.2) is 0 Å². The Kier molecular flexibility index (Phi) is 2.90. The molecule has 1 atom stereocenters. The summed E-state index contributed by atoms with van der Waals surface area (Å²) in [5.74, 6) is -0.227. The van der Waals surface area contributed by atoms with Crippen molar-refractivity contribution in [2.75, 3.05) is 0 Å². The van der Waals surface area contributed by atoms with Gasteiger partial charge in [0.1, 0.15) is 11.4 Å². The third kappa shape index (κ3) is 1.78. The maximum atomic E-state index is 13.8. The van der Waals surface area contributed by atoms with E-state index >= 15 is 0 Å². The lowest BCUT2D eigenvalue weighted by Crippen LogP contribution is -2.28. The summed E-state index contributed by atoms with van der Waals surface area (Å²) in [5.41, 5.74) is 0.974. The van der Waals surface area contributed by atoms with Gasteiger partial charge >= 0.3 is 0 Å². The molecule has 2 aromatic rings. The average Bonchev–Trinajstić information content (AvgIpc) is 2.98. The summed E-state index contributed by atoms with van der Waals surface area (Å²) in [6.07, 6.45) is 3.72. The highest BCUT2D eigenvalue weighted by molar-refractivity contribution is 5.43. The Morgan fingerprint density at radius 1 is 1.42 bits per heavy atom. The van der Waals surface area contributed by atoms with Crippen LogP contribution in [-0.2, 0) is 18.6 Å². The van der Waals surface area contributed by atoms with Crippen molar-refractivity contribution in [1.82, 2.24) is 9.78 Å². The molecule has 4 heteroatoms. The van der Waals surface area contributed by atoms with E-state index in [1.54, 1.807) is 12.3 Å². The lowest BCUT2D eigenvalue weighted by molar-refractivity contribution is 0.0726. The lowest BCUT2D eigenvalue weighted by Gasteiger charge is -2.25. The quantitative estimate of drug-likeness (QED) is 0.921. The Morgan fingerprint density at radius 3 is 3.05 bits per heavy atom. The molecule has 0 amide bonds. The number of fused-ring (bicyclic) bond motifs is 1. The number of rotatable bonds is 3. The van der Waals surface area contributed by atoms with E-state index < -0.39 is 5.60 Å². The first kappa shape index (κ1) is 12.4. The summed E-state index contributed by atoms with van der Waals surface area (Å²) >= 11 is 0. The van der Waals surface area contributed by atoms with Crippen molar-refractivity contribution in [2.45, 2.75) is 38.3 Å². The molecule has 1 aromatic heterocycles. The van der Waals surface area contributed by atoms with E-state index in [0.717, 1.165) is 18.7 Å². The van der Waals surface area contributed by atoms with Crippen molar-refractivity contribution < 1.29 is 9.50 Å². The fraction of sp³-hybridized carbons (Fsp3) is 0.400. The standard InChI is InChI=1S/C15H17FN2O/c1-2-10-18-14(7-9-17-18)15(19)8-6-11-12(15)4-3-5-13(11)16/h3-5,7,9,19H,2,6,8,10H2,1H3. The molecule has 19 heavy (non-hydrogen) atoms. The molecule has 3 nitrogen and oxygen atoms in total. The molecule has 1 aromatic carbocycles. The van der Waals surface area contributed by atoms with Gasteiger partial charge in [0.2, 0.25) is 0 Å². The number of hydrogen-bond acceptors (Lipinski definition) is 2. The predicted octanol–water partition coefficient (Wildman–Crippen LogP) is 2.61. The Bertz CT molecular complexity index is 608. The molecular weight excluding hydrogens is 243 g/mol. The molecule has 0 aliphatic heterocycles. The first-order chi connectivity index (χ1) is 9.16. The summed E-state index contributed by atoms with van der Waals surface area (Å²) < 4.78 is 15.6. The molecule has 0 spiro atoms. The molecule has 3 rings (SSSR count). The number of aryl methyl sites for hydroxylation is 1. The van der Waals surface area contributed by atoms with Gasteiger partial charge in [-0.1, -0.05) is 19.1 Å². The second-order valence-corrected chi connectivity index (χ2v) is 5.07. The SMILES string of the molecule is CCCn1nccc1C1(O)CCc2c(F)cccc21. The fourth-order valence-electron chi connectivity index (χ4n) is 2.98. The minimum atomic E-state index is -1.11. The van der Waals surface area contributed by atoms with Crippen molar-refractivity contribution in [3.8, 4) is 0 Å². The molecule has 0 radical (unpaired) electrons. The molecule has 1 unspecified atom stereocenters. The highest BCUT2D eigenvalue weighted by Gasteiger charge is 2.41. The topological polar surface area (TPSA) is 38.0 Å². The van der Waals surface area contributed by atoms with E-state index in [1.807, 2.05) is 16.8 Å². The van der Waals surface area contributed by atoms with Crippen LogP contribution in [-0.4, -0.2) is 14.9 Å². The van der Waals surface area contributed by atoms with Gasteiger partial charge in [0.05, 0.1) is 5.69 Å². The van der Waals surface area contributed by atoms with Crippen LogP contribution in [0.15, 0.2) is 30.5 Å². The predicted molar refractivity (Wildman–Crippen MR) is 70.2 cm³/mol. The zero-order chi connectivity index (χ0) is 13.5. The number of hydrogen-bond donors (Lipinski definition) is 1. The van der Waals surface area contributed by atoms with Crippen molar-refractivity contribution in [3.05, 3.63) is 53.1 Å². The molecule has 1 aliphatic rings. The van der Waals surface area contributed by atoms with Crippen LogP contribution in [0, 0.1) is 5.82 Å². The van der Waals surface area contributed by atoms with E-state index in [-0.39, 0.29) is 5.82 Å². The van der Waals surface area contributed by atoms with Crippen LogP contribution < -0.4 is 0 Å². The van der Waals surface area contributed by atoms with Gasteiger partial charge in [0, 0.05) is 12.7 Å². The summed E-state index contributed by atoms with van der Waals surface area (Å²) in [7, 11) is 0. The number of nitrogens with zero attached hydrogens (tertiary/aromatic N) is 2. The molecule has 0 saturated carbocycles. The molecule has 1 N–H and O–H groups in total. The number of aliphatic hydroxyl groups is 1. The van der Waals surface area contributed by atoms with Crippen molar-refractivity contribution in [2.24, 2.45) is 0 Å². The Balaban J connectivity index is 2.11. The maximum absolute atomic E-state index is 13.8. The van der Waals surface area contributed by atoms with Gasteiger partial charge in [-0.3, -0.25) is 4.68 Å². The molecule has 0 fully saturated rings. The molecular formula is C15H17FN2O. The van der Waals surface area contributed by atoms with E-state index in [2.05, 4.69) is 12.0 Å². The highest BCUT2D eigenvalue weighted by atomic mass is 19.1. The van der Waals surface area contributed by atoms with E-state index in [9.17, 15) is 9.50 Å². The molecule has 0 bridgehead atoms. The van der Waals surface area contributed by atoms with Gasteiger partial charge in [0.25, 0.3) is 0 Å². The zero-order valence-corrected chi connectivity index (χ0v) is 10.9. The Labute approximate surface area is 111 Å². The monoisotopic (exact) mass is 260 g/mol. The van der Waals surface area contributed by atoms with Gasteiger partial charge in [-0.2, -0.15) is 5.10 Å². The van der Waals surface area contributed by atoms with Crippen LogP contribution >= 0.6 is 0 Å². The fourth-order valence-corrected chi connectivity index (χ4v) is 2.98. The number of aromatic nitrogens is 2. The second-order valence-electron chi connectivity index (χ2n) is 5.07. The Hall–Kier alpha value is -1.68. The van der Waals surface area contributed by atoms with Crippen molar-refractivity contribution >= 4 is 0 Å². The van der Waals surface area contributed by atoms with Crippen LogP contribution in [0.5, 0.6) is 0 Å². The molecule has 0 saturated heterocycles. The van der Waals surface area contributed by atoms with Crippen LogP contribution in [0.1, 0.15) is 36.6 Å². The largest absolute Gasteiger partial charge is 0.379 e. The number of halogens is 1. The summed E-state index contributed by atoms with van der Waals surface area (Å²) in [4.78, 5) is 0. The van der Waals surface area contributed by atoms with Crippen LogP contribution in [0.4, 0.5) is 4.39 Å². The smallest absolute Gasteiger partial charge is 0.132 e. The minimum Gasteiger partial charge on any atom is -0.379 e. The first-order valence-corrected chi connectivity index (χ1v) is 6.69.